The number of nitrogens with zero attached hydrogens (tertiary/aromatic N) is 8. The van der Waals surface area contributed by atoms with Crippen molar-refractivity contribution < 1.29 is 9.90 Å². The Morgan fingerprint density at radius 3 is 2.78 bits per heavy atom. The van der Waals surface area contributed by atoms with E-state index in [4.69, 9.17) is 10.7 Å². The number of carbonyl (C=O) groups is 1. The minimum atomic E-state index is -0.766. The standard InChI is InChI=1S/C25H23N9O2/c26-12-16-4-1-5-17(10-16)20-11-21(30-25(27)29-20)22-15-34(32-31-22)14-19-7-2-8-23(28-19)33-9-3-6-18(13-33)24(35)36/h1-2,4-5,7-8,10-11,15,18H,3,6,9,13-14H2,(H,35,36)(H2,27,29,30). The third-order valence-corrected chi connectivity index (χ3v) is 6.04. The van der Waals surface area contributed by atoms with E-state index >= 15 is 0 Å². The minimum absolute atomic E-state index is 0.0926. The van der Waals surface area contributed by atoms with Crippen LogP contribution in [0.4, 0.5) is 11.8 Å². The molecule has 1 aromatic carbocycles. The van der Waals surface area contributed by atoms with Crippen LogP contribution in [0.25, 0.3) is 22.6 Å². The maximum Gasteiger partial charge on any atom is 0.308 e. The number of carboxylic acid groups (broad SMARTS) is 1. The van der Waals surface area contributed by atoms with Crippen LogP contribution in [-0.2, 0) is 11.3 Å². The summed E-state index contributed by atoms with van der Waals surface area (Å²) in [5.74, 6) is -0.298. The largest absolute Gasteiger partial charge is 0.481 e. The molecule has 1 saturated heterocycles. The van der Waals surface area contributed by atoms with Crippen LogP contribution in [0.2, 0.25) is 0 Å². The molecule has 36 heavy (non-hydrogen) atoms. The zero-order valence-corrected chi connectivity index (χ0v) is 19.3. The molecule has 180 valence electrons. The van der Waals surface area contributed by atoms with Gasteiger partial charge in [-0.15, -0.1) is 5.10 Å². The highest BCUT2D eigenvalue weighted by Gasteiger charge is 2.26. The summed E-state index contributed by atoms with van der Waals surface area (Å²) in [7, 11) is 0. The quantitative estimate of drug-likeness (QED) is 0.419. The van der Waals surface area contributed by atoms with Crippen molar-refractivity contribution in [2.24, 2.45) is 5.92 Å². The van der Waals surface area contributed by atoms with E-state index in [1.807, 2.05) is 29.2 Å². The van der Waals surface area contributed by atoms with Crippen molar-refractivity contribution in [3.05, 3.63) is 66.0 Å². The van der Waals surface area contributed by atoms with E-state index in [-0.39, 0.29) is 11.9 Å². The molecule has 1 fully saturated rings. The average molecular weight is 482 g/mol. The maximum atomic E-state index is 11.4. The number of nitrogen functional groups attached to an aromatic ring is 1. The van der Waals surface area contributed by atoms with Crippen LogP contribution in [0.1, 0.15) is 24.1 Å². The molecular formula is C25H23N9O2. The first-order chi connectivity index (χ1) is 17.5. The van der Waals surface area contributed by atoms with E-state index in [1.54, 1.807) is 35.1 Å². The number of nitrogens with two attached hydrogens (primary N) is 1. The van der Waals surface area contributed by atoms with Gasteiger partial charge >= 0.3 is 5.97 Å². The zero-order valence-electron chi connectivity index (χ0n) is 19.3. The summed E-state index contributed by atoms with van der Waals surface area (Å²) in [6.45, 7) is 1.62. The first-order valence-electron chi connectivity index (χ1n) is 11.5. The molecule has 1 aliphatic rings. The van der Waals surface area contributed by atoms with Gasteiger partial charge < -0.3 is 15.7 Å². The van der Waals surface area contributed by atoms with Gasteiger partial charge in [-0.2, -0.15) is 5.26 Å². The van der Waals surface area contributed by atoms with Gasteiger partial charge in [-0.1, -0.05) is 23.4 Å². The smallest absolute Gasteiger partial charge is 0.308 e. The van der Waals surface area contributed by atoms with Crippen molar-refractivity contribution in [2.45, 2.75) is 19.4 Å². The zero-order chi connectivity index (χ0) is 25.1. The van der Waals surface area contributed by atoms with Crippen molar-refractivity contribution in [1.82, 2.24) is 29.9 Å². The maximum absolute atomic E-state index is 11.4. The monoisotopic (exact) mass is 481 g/mol. The SMILES string of the molecule is N#Cc1cccc(-c2cc(-c3cn(Cc4cccc(N5CCCC(C(=O)O)C5)n4)nn3)nc(N)n2)c1. The molecule has 11 heteroatoms. The molecule has 0 amide bonds. The minimum Gasteiger partial charge on any atom is -0.481 e. The highest BCUT2D eigenvalue weighted by Crippen LogP contribution is 2.25. The summed E-state index contributed by atoms with van der Waals surface area (Å²) in [6, 6.07) is 16.7. The molecule has 1 atom stereocenters. The van der Waals surface area contributed by atoms with E-state index < -0.39 is 5.97 Å². The lowest BCUT2D eigenvalue weighted by atomic mass is 9.98. The first kappa shape index (κ1) is 22.9. The third kappa shape index (κ3) is 4.97. The van der Waals surface area contributed by atoms with Gasteiger partial charge in [0.15, 0.2) is 0 Å². The molecular weight excluding hydrogens is 458 g/mol. The van der Waals surface area contributed by atoms with Gasteiger partial charge in [0.05, 0.1) is 47.4 Å². The number of anilines is 2. The second-order valence-electron chi connectivity index (χ2n) is 8.60. The van der Waals surface area contributed by atoms with Crippen LogP contribution in [-0.4, -0.2) is 54.1 Å². The normalized spacial score (nSPS) is 15.4. The van der Waals surface area contributed by atoms with Crippen molar-refractivity contribution in [3.63, 3.8) is 0 Å². The molecule has 4 heterocycles. The molecule has 3 aromatic heterocycles. The Morgan fingerprint density at radius 2 is 1.94 bits per heavy atom. The number of hydrogen-bond acceptors (Lipinski definition) is 9. The van der Waals surface area contributed by atoms with Gasteiger partial charge in [-0.05, 0) is 43.2 Å². The van der Waals surface area contributed by atoms with E-state index in [1.165, 1.54) is 0 Å². The molecule has 1 aliphatic heterocycles. The number of nitriles is 1. The van der Waals surface area contributed by atoms with Crippen molar-refractivity contribution >= 4 is 17.7 Å². The summed E-state index contributed by atoms with van der Waals surface area (Å²) in [5.41, 5.74) is 9.63. The lowest BCUT2D eigenvalue weighted by molar-refractivity contribution is -0.141. The lowest BCUT2D eigenvalue weighted by Crippen LogP contribution is -2.39. The van der Waals surface area contributed by atoms with Crippen molar-refractivity contribution in [2.75, 3.05) is 23.7 Å². The Hall–Kier alpha value is -4.85. The molecule has 0 saturated carbocycles. The van der Waals surface area contributed by atoms with Crippen molar-refractivity contribution in [1.29, 1.82) is 5.26 Å². The first-order valence-corrected chi connectivity index (χ1v) is 11.5. The van der Waals surface area contributed by atoms with Crippen LogP contribution in [0.3, 0.4) is 0 Å². The number of rotatable bonds is 6. The Morgan fingerprint density at radius 1 is 1.11 bits per heavy atom. The van der Waals surface area contributed by atoms with Crippen LogP contribution < -0.4 is 10.6 Å². The second-order valence-corrected chi connectivity index (χ2v) is 8.60. The Balaban J connectivity index is 1.35. The molecule has 1 unspecified atom stereocenters. The fourth-order valence-electron chi connectivity index (χ4n) is 4.27. The van der Waals surface area contributed by atoms with Gasteiger partial charge in [0.2, 0.25) is 5.95 Å². The highest BCUT2D eigenvalue weighted by atomic mass is 16.4. The summed E-state index contributed by atoms with van der Waals surface area (Å²) < 4.78 is 1.66. The number of hydrogen-bond donors (Lipinski definition) is 2. The average Bonchev–Trinajstić information content (AvgIpc) is 3.37. The number of aliphatic carboxylic acids is 1. The fraction of sp³-hybridized carbons (Fsp3) is 0.240. The molecule has 5 rings (SSSR count). The van der Waals surface area contributed by atoms with Gasteiger partial charge in [-0.3, -0.25) is 4.79 Å². The van der Waals surface area contributed by atoms with Crippen LogP contribution in [0, 0.1) is 17.2 Å². The van der Waals surface area contributed by atoms with E-state index in [0.717, 1.165) is 30.0 Å². The Bertz CT molecular complexity index is 1460. The predicted molar refractivity (Wildman–Crippen MR) is 132 cm³/mol. The van der Waals surface area contributed by atoms with E-state index in [0.29, 0.717) is 42.2 Å². The predicted octanol–water partition coefficient (Wildman–Crippen LogP) is 2.60. The third-order valence-electron chi connectivity index (χ3n) is 6.04. The topological polar surface area (TPSA) is 160 Å². The summed E-state index contributed by atoms with van der Waals surface area (Å²) in [4.78, 5) is 26.8. The molecule has 0 spiro atoms. The molecule has 0 bridgehead atoms. The fourth-order valence-corrected chi connectivity index (χ4v) is 4.27. The van der Waals surface area contributed by atoms with Gasteiger partial charge in [0.1, 0.15) is 11.5 Å². The van der Waals surface area contributed by atoms with E-state index in [9.17, 15) is 15.2 Å². The van der Waals surface area contributed by atoms with Crippen LogP contribution in [0.15, 0.2) is 54.7 Å². The summed E-state index contributed by atoms with van der Waals surface area (Å²) in [6.07, 6.45) is 3.26. The lowest BCUT2D eigenvalue weighted by Gasteiger charge is -2.31. The van der Waals surface area contributed by atoms with Gasteiger partial charge in [0.25, 0.3) is 0 Å². The number of piperidine rings is 1. The van der Waals surface area contributed by atoms with Gasteiger partial charge in [-0.25, -0.2) is 19.6 Å². The van der Waals surface area contributed by atoms with Crippen molar-refractivity contribution in [3.8, 4) is 28.7 Å². The number of aromatic nitrogens is 6. The Kier molecular flexibility index (Phi) is 6.23. The number of carboxylic acids is 1. The number of benzene rings is 1. The van der Waals surface area contributed by atoms with E-state index in [2.05, 4.69) is 26.3 Å². The van der Waals surface area contributed by atoms with Gasteiger partial charge in [0, 0.05) is 18.7 Å². The molecule has 3 N–H and O–H groups in total. The summed E-state index contributed by atoms with van der Waals surface area (Å²) >= 11 is 0. The molecule has 0 aliphatic carbocycles. The second kappa shape index (κ2) is 9.79. The molecule has 4 aromatic rings. The summed E-state index contributed by atoms with van der Waals surface area (Å²) in [5, 5.41) is 27.0. The highest BCUT2D eigenvalue weighted by molar-refractivity contribution is 5.71. The van der Waals surface area contributed by atoms with Crippen LogP contribution >= 0.6 is 0 Å². The van der Waals surface area contributed by atoms with Crippen LogP contribution in [0.5, 0.6) is 0 Å². The number of pyridine rings is 1. The molecule has 0 radical (unpaired) electrons. The molecule has 11 nitrogen and oxygen atoms in total. The Labute approximate surface area is 206 Å².